The van der Waals surface area contributed by atoms with Gasteiger partial charge in [-0.2, -0.15) is 5.10 Å². The summed E-state index contributed by atoms with van der Waals surface area (Å²) in [5.41, 5.74) is 1.99. The Hall–Kier alpha value is -1.90. The third-order valence-electron chi connectivity index (χ3n) is 4.52. The smallest absolute Gasteiger partial charge is 0.188 e. The highest BCUT2D eigenvalue weighted by Crippen LogP contribution is 2.31. The van der Waals surface area contributed by atoms with E-state index in [-0.39, 0.29) is 0 Å². The first-order valence-electron chi connectivity index (χ1n) is 8.58. The number of ether oxygens (including phenoxy) is 1. The number of aryl methyl sites for hydroxylation is 2. The number of anilines is 1. The van der Waals surface area contributed by atoms with Gasteiger partial charge in [-0.3, -0.25) is 4.90 Å². The van der Waals surface area contributed by atoms with Gasteiger partial charge < -0.3 is 14.1 Å². The molecule has 134 valence electrons. The zero-order chi connectivity index (χ0) is 17.2. The molecule has 0 radical (unpaired) electrons. The van der Waals surface area contributed by atoms with Crippen molar-refractivity contribution < 1.29 is 9.15 Å². The molecular weight excluding hydrogens is 338 g/mol. The topological polar surface area (TPSA) is 59.6 Å². The monoisotopic (exact) mass is 361 g/mol. The van der Waals surface area contributed by atoms with Crippen molar-refractivity contribution in [1.29, 1.82) is 0 Å². The highest BCUT2D eigenvalue weighted by molar-refractivity contribution is 7.22. The number of hydrogen-bond acceptors (Lipinski definition) is 7. The van der Waals surface area contributed by atoms with E-state index in [1.807, 2.05) is 30.8 Å². The van der Waals surface area contributed by atoms with Crippen molar-refractivity contribution in [3.8, 4) is 0 Å². The molecule has 0 spiro atoms. The Labute approximate surface area is 150 Å². The normalized spacial score (nSPS) is 15.9. The first-order chi connectivity index (χ1) is 12.2. The van der Waals surface area contributed by atoms with E-state index in [4.69, 9.17) is 14.1 Å². The summed E-state index contributed by atoms with van der Waals surface area (Å²) in [6.45, 7) is 8.31. The second-order valence-electron chi connectivity index (χ2n) is 6.31. The zero-order valence-corrected chi connectivity index (χ0v) is 15.5. The van der Waals surface area contributed by atoms with Gasteiger partial charge in [0, 0.05) is 33.2 Å². The minimum absolute atomic E-state index is 0.726. The number of nitrogens with zero attached hydrogens (tertiary/aromatic N) is 5. The van der Waals surface area contributed by atoms with Gasteiger partial charge >= 0.3 is 0 Å². The van der Waals surface area contributed by atoms with Crippen LogP contribution in [-0.4, -0.2) is 59.1 Å². The molecule has 1 aliphatic rings. The van der Waals surface area contributed by atoms with Crippen molar-refractivity contribution in [2.45, 2.75) is 13.5 Å². The third-order valence-corrected chi connectivity index (χ3v) is 5.73. The number of hydrogen-bond donors (Lipinski definition) is 0. The van der Waals surface area contributed by atoms with E-state index in [0.29, 0.717) is 0 Å². The van der Waals surface area contributed by atoms with Crippen molar-refractivity contribution >= 4 is 26.8 Å². The molecule has 0 aromatic carbocycles. The van der Waals surface area contributed by atoms with Crippen LogP contribution in [0.4, 0.5) is 5.13 Å². The molecule has 4 rings (SSSR count). The molecule has 0 aliphatic carbocycles. The molecule has 0 bridgehead atoms. The molecule has 0 unspecified atom stereocenters. The Balaban J connectivity index is 1.55. The van der Waals surface area contributed by atoms with Crippen LogP contribution in [0.2, 0.25) is 0 Å². The molecule has 8 heteroatoms. The van der Waals surface area contributed by atoms with Crippen molar-refractivity contribution in [3.05, 3.63) is 29.9 Å². The van der Waals surface area contributed by atoms with Crippen LogP contribution < -0.4 is 4.90 Å². The van der Waals surface area contributed by atoms with Gasteiger partial charge in [-0.15, -0.1) is 0 Å². The predicted octanol–water partition coefficient (Wildman–Crippen LogP) is 2.27. The van der Waals surface area contributed by atoms with Crippen LogP contribution in [0.3, 0.4) is 0 Å². The molecule has 0 saturated carbocycles. The van der Waals surface area contributed by atoms with E-state index in [1.54, 1.807) is 17.6 Å². The SMILES string of the molecule is Cc1nn(C)c2nc(N(CCN3CCOCC3)Cc3ccco3)sc12. The molecule has 1 saturated heterocycles. The number of furan rings is 1. The maximum absolute atomic E-state index is 5.56. The van der Waals surface area contributed by atoms with Gasteiger partial charge in [0.15, 0.2) is 10.8 Å². The maximum atomic E-state index is 5.56. The molecule has 0 atom stereocenters. The number of thiazole rings is 1. The first-order valence-corrected chi connectivity index (χ1v) is 9.40. The minimum atomic E-state index is 0.726. The molecule has 4 heterocycles. The maximum Gasteiger partial charge on any atom is 0.188 e. The fourth-order valence-corrected chi connectivity index (χ4v) is 4.19. The highest BCUT2D eigenvalue weighted by Gasteiger charge is 2.19. The van der Waals surface area contributed by atoms with Gasteiger partial charge in [0.25, 0.3) is 0 Å². The Morgan fingerprint density at radius 2 is 2.16 bits per heavy atom. The molecule has 7 nitrogen and oxygen atoms in total. The van der Waals surface area contributed by atoms with Crippen molar-refractivity contribution in [3.63, 3.8) is 0 Å². The summed E-state index contributed by atoms with van der Waals surface area (Å²) in [5, 5.41) is 5.48. The van der Waals surface area contributed by atoms with Crippen LogP contribution in [0.1, 0.15) is 11.5 Å². The lowest BCUT2D eigenvalue weighted by atomic mass is 10.3. The fourth-order valence-electron chi connectivity index (χ4n) is 3.13. The lowest BCUT2D eigenvalue weighted by molar-refractivity contribution is 0.0391. The molecule has 3 aromatic rings. The molecule has 25 heavy (non-hydrogen) atoms. The lowest BCUT2D eigenvalue weighted by Crippen LogP contribution is -2.41. The minimum Gasteiger partial charge on any atom is -0.467 e. The van der Waals surface area contributed by atoms with Crippen molar-refractivity contribution in [1.82, 2.24) is 19.7 Å². The number of fused-ring (bicyclic) bond motifs is 1. The average Bonchev–Trinajstić information content (AvgIpc) is 3.33. The Bertz CT molecular complexity index is 785. The molecule has 0 N–H and O–H groups in total. The summed E-state index contributed by atoms with van der Waals surface area (Å²) in [6.07, 6.45) is 1.72. The summed E-state index contributed by atoms with van der Waals surface area (Å²) >= 11 is 1.71. The van der Waals surface area contributed by atoms with Gasteiger partial charge in [-0.1, -0.05) is 11.3 Å². The van der Waals surface area contributed by atoms with Gasteiger partial charge in [-0.05, 0) is 19.1 Å². The highest BCUT2D eigenvalue weighted by atomic mass is 32.1. The standard InChI is InChI=1S/C17H23N5O2S/c1-13-15-16(20(2)19-13)18-17(25-15)22(12-14-4-3-9-24-14)6-5-21-7-10-23-11-8-21/h3-4,9H,5-8,10-12H2,1-2H3. The molecule has 3 aromatic heterocycles. The van der Waals surface area contributed by atoms with E-state index in [2.05, 4.69) is 14.9 Å². The molecule has 1 fully saturated rings. The van der Waals surface area contributed by atoms with Crippen LogP contribution in [0.15, 0.2) is 22.8 Å². The average molecular weight is 361 g/mol. The Morgan fingerprint density at radius 3 is 2.88 bits per heavy atom. The lowest BCUT2D eigenvalue weighted by Gasteiger charge is -2.29. The summed E-state index contributed by atoms with van der Waals surface area (Å²) in [4.78, 5) is 9.58. The van der Waals surface area contributed by atoms with E-state index in [0.717, 1.165) is 72.9 Å². The predicted molar refractivity (Wildman–Crippen MR) is 98.1 cm³/mol. The number of rotatable bonds is 6. The van der Waals surface area contributed by atoms with Crippen LogP contribution in [0.5, 0.6) is 0 Å². The Morgan fingerprint density at radius 1 is 1.32 bits per heavy atom. The van der Waals surface area contributed by atoms with Crippen LogP contribution in [-0.2, 0) is 18.3 Å². The quantitative estimate of drug-likeness (QED) is 0.671. The molecule has 1 aliphatic heterocycles. The summed E-state index contributed by atoms with van der Waals surface area (Å²) in [6, 6.07) is 3.95. The second kappa shape index (κ2) is 7.15. The number of morpholine rings is 1. The fraction of sp³-hybridized carbons (Fsp3) is 0.529. The van der Waals surface area contributed by atoms with Crippen LogP contribution >= 0.6 is 11.3 Å². The van der Waals surface area contributed by atoms with Gasteiger partial charge in [0.2, 0.25) is 0 Å². The van der Waals surface area contributed by atoms with Gasteiger partial charge in [0.05, 0.1) is 36.4 Å². The van der Waals surface area contributed by atoms with Crippen molar-refractivity contribution in [2.75, 3.05) is 44.3 Å². The summed E-state index contributed by atoms with van der Waals surface area (Å²) in [7, 11) is 1.95. The van der Waals surface area contributed by atoms with E-state index in [9.17, 15) is 0 Å². The largest absolute Gasteiger partial charge is 0.467 e. The Kier molecular flexibility index (Phi) is 4.74. The van der Waals surface area contributed by atoms with E-state index < -0.39 is 0 Å². The zero-order valence-electron chi connectivity index (χ0n) is 14.6. The molecular formula is C17H23N5O2S. The van der Waals surface area contributed by atoms with E-state index >= 15 is 0 Å². The first kappa shape index (κ1) is 16.6. The second-order valence-corrected chi connectivity index (χ2v) is 7.29. The van der Waals surface area contributed by atoms with E-state index in [1.165, 1.54) is 0 Å². The van der Waals surface area contributed by atoms with Gasteiger partial charge in [-0.25, -0.2) is 9.67 Å². The van der Waals surface area contributed by atoms with Crippen molar-refractivity contribution in [2.24, 2.45) is 7.05 Å². The number of aromatic nitrogens is 3. The van der Waals surface area contributed by atoms with Crippen LogP contribution in [0, 0.1) is 6.92 Å². The summed E-state index contributed by atoms with van der Waals surface area (Å²) < 4.78 is 14.0. The summed E-state index contributed by atoms with van der Waals surface area (Å²) in [5.74, 6) is 0.955. The van der Waals surface area contributed by atoms with Gasteiger partial charge in [0.1, 0.15) is 5.76 Å². The third kappa shape index (κ3) is 3.56. The van der Waals surface area contributed by atoms with Crippen LogP contribution in [0.25, 0.3) is 10.3 Å². The molecule has 0 amide bonds.